The zero-order valence-corrected chi connectivity index (χ0v) is 16.1. The minimum absolute atomic E-state index is 0.424. The van der Waals surface area contributed by atoms with Crippen LogP contribution in [0.25, 0.3) is 0 Å². The summed E-state index contributed by atoms with van der Waals surface area (Å²) in [6.45, 7) is 11.6. The van der Waals surface area contributed by atoms with Crippen LogP contribution in [0.1, 0.15) is 25.3 Å². The first kappa shape index (κ1) is 18.8. The van der Waals surface area contributed by atoms with Gasteiger partial charge in [-0.3, -0.25) is 9.58 Å². The monoisotopic (exact) mass is 350 g/mol. The lowest BCUT2D eigenvalue weighted by Crippen LogP contribution is -2.45. The molecule has 0 aromatic carbocycles. The van der Waals surface area contributed by atoms with E-state index >= 15 is 0 Å². The van der Waals surface area contributed by atoms with E-state index in [-0.39, 0.29) is 0 Å². The van der Waals surface area contributed by atoms with Crippen LogP contribution in [-0.4, -0.2) is 79.7 Å². The van der Waals surface area contributed by atoms with Gasteiger partial charge in [-0.1, -0.05) is 0 Å². The number of methoxy groups -OCH3 is 2. The van der Waals surface area contributed by atoms with E-state index in [0.717, 1.165) is 39.4 Å². The molecule has 1 aromatic heterocycles. The van der Waals surface area contributed by atoms with E-state index in [1.807, 2.05) is 18.0 Å². The van der Waals surface area contributed by atoms with Crippen molar-refractivity contribution >= 4 is 0 Å². The van der Waals surface area contributed by atoms with Crippen LogP contribution in [0.2, 0.25) is 0 Å². The molecule has 0 N–H and O–H groups in total. The summed E-state index contributed by atoms with van der Waals surface area (Å²) in [6, 6.07) is 0. The van der Waals surface area contributed by atoms with Gasteiger partial charge in [0.2, 0.25) is 0 Å². The van der Waals surface area contributed by atoms with E-state index in [1.54, 1.807) is 7.11 Å². The molecule has 1 aromatic rings. The summed E-state index contributed by atoms with van der Waals surface area (Å²) >= 11 is 0. The van der Waals surface area contributed by atoms with E-state index in [0.29, 0.717) is 11.3 Å². The van der Waals surface area contributed by atoms with E-state index in [2.05, 4.69) is 28.0 Å². The third kappa shape index (κ3) is 4.42. The smallest absolute Gasteiger partial charge is 0.0589 e. The number of hydrogen-bond donors (Lipinski definition) is 0. The molecule has 0 saturated carbocycles. The highest BCUT2D eigenvalue weighted by Crippen LogP contribution is 2.44. The molecule has 2 fully saturated rings. The van der Waals surface area contributed by atoms with E-state index < -0.39 is 0 Å². The van der Waals surface area contributed by atoms with Crippen LogP contribution in [0.5, 0.6) is 0 Å². The third-order valence-electron chi connectivity index (χ3n) is 6.13. The normalized spacial score (nSPS) is 24.4. The van der Waals surface area contributed by atoms with Gasteiger partial charge in [0.05, 0.1) is 19.4 Å². The summed E-state index contributed by atoms with van der Waals surface area (Å²) in [5, 5.41) is 4.40. The second-order valence-electron chi connectivity index (χ2n) is 7.72. The Kier molecular flexibility index (Phi) is 6.49. The van der Waals surface area contributed by atoms with Crippen molar-refractivity contribution in [2.45, 2.75) is 32.9 Å². The zero-order chi connectivity index (χ0) is 17.7. The number of rotatable bonds is 8. The predicted molar refractivity (Wildman–Crippen MR) is 98.5 cm³/mol. The summed E-state index contributed by atoms with van der Waals surface area (Å²) in [4.78, 5) is 5.16. The van der Waals surface area contributed by atoms with Crippen LogP contribution in [0.4, 0.5) is 0 Å². The van der Waals surface area contributed by atoms with Gasteiger partial charge >= 0.3 is 0 Å². The second-order valence-corrected chi connectivity index (χ2v) is 7.72. The molecule has 1 spiro atoms. The van der Waals surface area contributed by atoms with Crippen molar-refractivity contribution < 1.29 is 9.47 Å². The largest absolute Gasteiger partial charge is 0.384 e. The molecule has 6 nitrogen and oxygen atoms in total. The highest BCUT2D eigenvalue weighted by Gasteiger charge is 2.47. The molecule has 0 unspecified atom stereocenters. The van der Waals surface area contributed by atoms with Gasteiger partial charge in [0.1, 0.15) is 0 Å². The highest BCUT2D eigenvalue weighted by atomic mass is 16.5. The van der Waals surface area contributed by atoms with Gasteiger partial charge in [0, 0.05) is 64.6 Å². The molecule has 2 aliphatic rings. The Morgan fingerprint density at radius 3 is 2.64 bits per heavy atom. The lowest BCUT2D eigenvalue weighted by molar-refractivity contribution is 0.0348. The summed E-state index contributed by atoms with van der Waals surface area (Å²) in [5.41, 5.74) is 1.76. The van der Waals surface area contributed by atoms with Crippen LogP contribution >= 0.6 is 0 Å². The summed E-state index contributed by atoms with van der Waals surface area (Å²) < 4.78 is 12.9. The molecule has 25 heavy (non-hydrogen) atoms. The average molecular weight is 351 g/mol. The Hall–Kier alpha value is -0.950. The van der Waals surface area contributed by atoms with Crippen molar-refractivity contribution in [3.05, 3.63) is 18.0 Å². The fourth-order valence-corrected chi connectivity index (χ4v) is 4.61. The van der Waals surface area contributed by atoms with Crippen molar-refractivity contribution in [2.24, 2.45) is 11.3 Å². The van der Waals surface area contributed by atoms with Gasteiger partial charge < -0.3 is 14.4 Å². The van der Waals surface area contributed by atoms with Crippen LogP contribution in [-0.2, 0) is 22.6 Å². The molecule has 2 saturated heterocycles. The number of hydrogen-bond acceptors (Lipinski definition) is 5. The Balaban J connectivity index is 1.56. The van der Waals surface area contributed by atoms with Crippen LogP contribution < -0.4 is 0 Å². The number of nitrogens with zero attached hydrogens (tertiary/aromatic N) is 4. The van der Waals surface area contributed by atoms with Crippen molar-refractivity contribution in [3.63, 3.8) is 0 Å². The quantitative estimate of drug-likeness (QED) is 0.714. The maximum Gasteiger partial charge on any atom is 0.0589 e. The van der Waals surface area contributed by atoms with Crippen molar-refractivity contribution in [2.75, 3.05) is 60.2 Å². The first-order valence-electron chi connectivity index (χ1n) is 9.63. The average Bonchev–Trinajstić information content (AvgIpc) is 3.21. The van der Waals surface area contributed by atoms with Crippen molar-refractivity contribution in [1.29, 1.82) is 0 Å². The maximum atomic E-state index is 5.56. The molecule has 3 rings (SSSR count). The fourth-order valence-electron chi connectivity index (χ4n) is 4.61. The molecule has 0 aliphatic carbocycles. The molecule has 142 valence electrons. The van der Waals surface area contributed by atoms with Gasteiger partial charge in [-0.05, 0) is 38.3 Å². The minimum atomic E-state index is 0.424. The molecule has 3 heterocycles. The first-order valence-corrected chi connectivity index (χ1v) is 9.63. The topological polar surface area (TPSA) is 42.8 Å². The van der Waals surface area contributed by atoms with Crippen LogP contribution in [0.3, 0.4) is 0 Å². The van der Waals surface area contributed by atoms with E-state index in [4.69, 9.17) is 9.47 Å². The Morgan fingerprint density at radius 1 is 1.20 bits per heavy atom. The SMILES string of the molecule is CCn1cc(CN2CCC3(CC2)CN(CCOC)C[C@H]3COC)cn1. The van der Waals surface area contributed by atoms with Crippen molar-refractivity contribution in [1.82, 2.24) is 19.6 Å². The molecule has 0 amide bonds. The second kappa shape index (κ2) is 8.62. The maximum absolute atomic E-state index is 5.56. The van der Waals surface area contributed by atoms with Gasteiger partial charge in [-0.2, -0.15) is 5.10 Å². The number of likely N-dealkylation sites (tertiary alicyclic amines) is 2. The van der Waals surface area contributed by atoms with E-state index in [9.17, 15) is 0 Å². The fraction of sp³-hybridized carbons (Fsp3) is 0.842. The number of aryl methyl sites for hydroxylation is 1. The molecular formula is C19H34N4O2. The molecule has 0 bridgehead atoms. The van der Waals surface area contributed by atoms with Gasteiger partial charge in [-0.25, -0.2) is 0 Å². The lowest BCUT2D eigenvalue weighted by Gasteiger charge is -2.42. The van der Waals surface area contributed by atoms with Crippen LogP contribution in [0, 0.1) is 11.3 Å². The number of piperidine rings is 1. The number of ether oxygens (including phenoxy) is 2. The van der Waals surface area contributed by atoms with Gasteiger partial charge in [0.15, 0.2) is 0 Å². The Bertz CT molecular complexity index is 525. The Morgan fingerprint density at radius 2 is 2.00 bits per heavy atom. The zero-order valence-electron chi connectivity index (χ0n) is 16.1. The molecule has 0 radical (unpaired) electrons. The summed E-state index contributed by atoms with van der Waals surface area (Å²) in [6.07, 6.45) is 6.74. The molecule has 6 heteroatoms. The third-order valence-corrected chi connectivity index (χ3v) is 6.13. The number of aromatic nitrogens is 2. The minimum Gasteiger partial charge on any atom is -0.384 e. The van der Waals surface area contributed by atoms with E-state index in [1.165, 1.54) is 38.0 Å². The molecule has 2 aliphatic heterocycles. The Labute approximate surface area is 152 Å². The summed E-state index contributed by atoms with van der Waals surface area (Å²) in [5.74, 6) is 0.652. The summed E-state index contributed by atoms with van der Waals surface area (Å²) in [7, 11) is 3.63. The lowest BCUT2D eigenvalue weighted by atomic mass is 9.71. The van der Waals surface area contributed by atoms with Gasteiger partial charge in [-0.15, -0.1) is 0 Å². The molecular weight excluding hydrogens is 316 g/mol. The standard InChI is InChI=1S/C19H34N4O2/c1-4-23-13-17(11-20-23)12-21-7-5-19(6-8-21)16-22(9-10-24-2)14-18(19)15-25-3/h11,13,18H,4-10,12,14-16H2,1-3H3/t18-/m0/s1. The predicted octanol–water partition coefficient (Wildman–Crippen LogP) is 1.71. The molecule has 1 atom stereocenters. The van der Waals surface area contributed by atoms with Gasteiger partial charge in [0.25, 0.3) is 0 Å². The first-order chi connectivity index (χ1) is 12.2. The van der Waals surface area contributed by atoms with Crippen LogP contribution in [0.15, 0.2) is 12.4 Å². The van der Waals surface area contributed by atoms with Crippen molar-refractivity contribution in [3.8, 4) is 0 Å². The highest BCUT2D eigenvalue weighted by molar-refractivity contribution is 5.05.